The Labute approximate surface area is 110 Å². The number of aromatic amines is 1. The number of aryl methyl sites for hydroxylation is 1. The third-order valence-corrected chi connectivity index (χ3v) is 4.47. The Morgan fingerprint density at radius 1 is 1.59 bits per heavy atom. The predicted octanol–water partition coefficient (Wildman–Crippen LogP) is 3.33. The van der Waals surface area contributed by atoms with Crippen molar-refractivity contribution in [1.29, 1.82) is 0 Å². The average Bonchev–Trinajstić information content (AvgIpc) is 2.91. The van der Waals surface area contributed by atoms with Crippen LogP contribution in [0.2, 0.25) is 5.02 Å². The van der Waals surface area contributed by atoms with E-state index in [2.05, 4.69) is 27.6 Å². The number of imidazole rings is 1. The van der Waals surface area contributed by atoms with Crippen molar-refractivity contribution < 1.29 is 0 Å². The van der Waals surface area contributed by atoms with Crippen molar-refractivity contribution in [2.24, 2.45) is 0 Å². The number of rotatable bonds is 5. The van der Waals surface area contributed by atoms with Crippen molar-refractivity contribution >= 4 is 22.9 Å². The van der Waals surface area contributed by atoms with Gasteiger partial charge in [-0.05, 0) is 24.4 Å². The van der Waals surface area contributed by atoms with E-state index in [0.717, 1.165) is 29.4 Å². The summed E-state index contributed by atoms with van der Waals surface area (Å²) >= 11 is 8.03. The summed E-state index contributed by atoms with van der Waals surface area (Å²) in [5.41, 5.74) is 1.15. The minimum absolute atomic E-state index is 0.234. The summed E-state index contributed by atoms with van der Waals surface area (Å²) in [4.78, 5) is 8.60. The fourth-order valence-corrected chi connectivity index (χ4v) is 3.19. The van der Waals surface area contributed by atoms with Gasteiger partial charge in [-0.1, -0.05) is 18.5 Å². The van der Waals surface area contributed by atoms with E-state index in [1.165, 1.54) is 4.88 Å². The van der Waals surface area contributed by atoms with Crippen molar-refractivity contribution in [2.75, 3.05) is 6.54 Å². The smallest absolute Gasteiger partial charge is 0.107 e. The van der Waals surface area contributed by atoms with E-state index in [4.69, 9.17) is 11.6 Å². The number of likely N-dealkylation sites (N-methyl/N-ethyl adjacent to an activating group) is 1. The van der Waals surface area contributed by atoms with Crippen LogP contribution in [0.5, 0.6) is 0 Å². The monoisotopic (exact) mass is 269 g/mol. The number of H-pyrrole nitrogens is 1. The van der Waals surface area contributed by atoms with Crippen molar-refractivity contribution in [2.45, 2.75) is 26.3 Å². The Kier molecular flexibility index (Phi) is 4.20. The Bertz CT molecular complexity index is 464. The molecule has 0 bridgehead atoms. The largest absolute Gasteiger partial charge is 0.349 e. The lowest BCUT2D eigenvalue weighted by molar-refractivity contribution is 0.547. The molecule has 0 fully saturated rings. The van der Waals surface area contributed by atoms with Crippen LogP contribution in [-0.4, -0.2) is 16.5 Å². The SMILES string of the molecule is CCNC(Cc1ncc[nH]1)c1scc(C)c1Cl. The second-order valence-electron chi connectivity index (χ2n) is 3.95. The number of thiophene rings is 1. The first-order valence-corrected chi connectivity index (χ1v) is 6.93. The Morgan fingerprint density at radius 2 is 2.41 bits per heavy atom. The maximum absolute atomic E-state index is 6.32. The zero-order chi connectivity index (χ0) is 12.3. The summed E-state index contributed by atoms with van der Waals surface area (Å²) in [5.74, 6) is 0.984. The summed E-state index contributed by atoms with van der Waals surface area (Å²) in [6.07, 6.45) is 4.46. The zero-order valence-electron chi connectivity index (χ0n) is 9.96. The first-order chi connectivity index (χ1) is 8.22. The van der Waals surface area contributed by atoms with E-state index in [-0.39, 0.29) is 6.04 Å². The lowest BCUT2D eigenvalue weighted by Gasteiger charge is -2.15. The molecule has 0 spiro atoms. The average molecular weight is 270 g/mol. The van der Waals surface area contributed by atoms with E-state index < -0.39 is 0 Å². The summed E-state index contributed by atoms with van der Waals surface area (Å²) in [6.45, 7) is 5.06. The zero-order valence-corrected chi connectivity index (χ0v) is 11.5. The summed E-state index contributed by atoms with van der Waals surface area (Å²) in [5, 5.41) is 6.44. The predicted molar refractivity (Wildman–Crippen MR) is 72.8 cm³/mol. The molecule has 0 saturated heterocycles. The highest BCUT2D eigenvalue weighted by molar-refractivity contribution is 7.10. The van der Waals surface area contributed by atoms with Gasteiger partial charge in [-0.15, -0.1) is 11.3 Å². The van der Waals surface area contributed by atoms with E-state index in [9.17, 15) is 0 Å². The lowest BCUT2D eigenvalue weighted by Crippen LogP contribution is -2.22. The second-order valence-corrected chi connectivity index (χ2v) is 5.24. The molecule has 2 N–H and O–H groups in total. The minimum Gasteiger partial charge on any atom is -0.349 e. The Hall–Kier alpha value is -0.840. The molecule has 0 amide bonds. The van der Waals surface area contributed by atoms with Crippen molar-refractivity contribution in [3.63, 3.8) is 0 Å². The van der Waals surface area contributed by atoms with Gasteiger partial charge in [0.15, 0.2) is 0 Å². The van der Waals surface area contributed by atoms with Gasteiger partial charge in [-0.2, -0.15) is 0 Å². The first-order valence-electron chi connectivity index (χ1n) is 5.67. The molecule has 0 saturated carbocycles. The molecule has 1 atom stereocenters. The topological polar surface area (TPSA) is 40.7 Å². The quantitative estimate of drug-likeness (QED) is 0.874. The molecule has 2 aromatic rings. The molecule has 2 aromatic heterocycles. The van der Waals surface area contributed by atoms with Crippen LogP contribution in [0.15, 0.2) is 17.8 Å². The molecular formula is C12H16ClN3S. The molecule has 3 nitrogen and oxygen atoms in total. The van der Waals surface area contributed by atoms with Gasteiger partial charge in [0, 0.05) is 23.7 Å². The van der Waals surface area contributed by atoms with Crippen molar-refractivity contribution in [3.8, 4) is 0 Å². The van der Waals surface area contributed by atoms with Crippen LogP contribution < -0.4 is 5.32 Å². The molecule has 0 aromatic carbocycles. The van der Waals surface area contributed by atoms with Gasteiger partial charge in [0.25, 0.3) is 0 Å². The van der Waals surface area contributed by atoms with Gasteiger partial charge >= 0.3 is 0 Å². The normalized spacial score (nSPS) is 12.9. The van der Waals surface area contributed by atoms with Gasteiger partial charge in [-0.25, -0.2) is 4.98 Å². The van der Waals surface area contributed by atoms with Gasteiger partial charge in [-0.3, -0.25) is 0 Å². The molecule has 17 heavy (non-hydrogen) atoms. The highest BCUT2D eigenvalue weighted by Gasteiger charge is 2.18. The van der Waals surface area contributed by atoms with Crippen LogP contribution in [0.4, 0.5) is 0 Å². The summed E-state index contributed by atoms with van der Waals surface area (Å²) in [6, 6.07) is 0.234. The maximum atomic E-state index is 6.32. The van der Waals surface area contributed by atoms with E-state index in [0.29, 0.717) is 0 Å². The molecule has 0 aliphatic carbocycles. The molecule has 1 unspecified atom stereocenters. The number of halogens is 1. The number of aromatic nitrogens is 2. The summed E-state index contributed by atoms with van der Waals surface area (Å²) < 4.78 is 0. The van der Waals surface area contributed by atoms with Gasteiger partial charge < -0.3 is 10.3 Å². The number of nitrogens with one attached hydrogen (secondary N) is 2. The van der Waals surface area contributed by atoms with Crippen LogP contribution in [0, 0.1) is 6.92 Å². The van der Waals surface area contributed by atoms with Crippen molar-refractivity contribution in [3.05, 3.63) is 39.1 Å². The third kappa shape index (κ3) is 2.89. The maximum Gasteiger partial charge on any atom is 0.107 e. The Balaban J connectivity index is 2.20. The standard InChI is InChI=1S/C12H16ClN3S/c1-3-14-9(6-10-15-4-5-16-10)12-11(13)8(2)7-17-12/h4-5,7,9,14H,3,6H2,1-2H3,(H,15,16). The van der Waals surface area contributed by atoms with E-state index in [1.807, 2.05) is 13.1 Å². The number of nitrogens with zero attached hydrogens (tertiary/aromatic N) is 1. The van der Waals surface area contributed by atoms with Crippen LogP contribution in [-0.2, 0) is 6.42 Å². The molecule has 0 aliphatic rings. The third-order valence-electron chi connectivity index (χ3n) is 2.64. The second kappa shape index (κ2) is 5.67. The molecule has 0 radical (unpaired) electrons. The highest BCUT2D eigenvalue weighted by Crippen LogP contribution is 2.33. The molecule has 92 valence electrons. The first kappa shape index (κ1) is 12.6. The van der Waals surface area contributed by atoms with Gasteiger partial charge in [0.2, 0.25) is 0 Å². The molecule has 2 heterocycles. The van der Waals surface area contributed by atoms with Gasteiger partial charge in [0.1, 0.15) is 5.82 Å². The minimum atomic E-state index is 0.234. The number of hydrogen-bond donors (Lipinski definition) is 2. The number of hydrogen-bond acceptors (Lipinski definition) is 3. The lowest BCUT2D eigenvalue weighted by atomic mass is 10.1. The molecular weight excluding hydrogens is 254 g/mol. The fraction of sp³-hybridized carbons (Fsp3) is 0.417. The van der Waals surface area contributed by atoms with E-state index in [1.54, 1.807) is 17.5 Å². The molecule has 0 aliphatic heterocycles. The van der Waals surface area contributed by atoms with Crippen LogP contribution in [0.1, 0.15) is 29.2 Å². The van der Waals surface area contributed by atoms with Crippen LogP contribution in [0.3, 0.4) is 0 Å². The summed E-state index contributed by atoms with van der Waals surface area (Å²) in [7, 11) is 0. The highest BCUT2D eigenvalue weighted by atomic mass is 35.5. The molecule has 2 rings (SSSR count). The van der Waals surface area contributed by atoms with Gasteiger partial charge in [0.05, 0.1) is 11.1 Å². The fourth-order valence-electron chi connectivity index (χ4n) is 1.79. The van der Waals surface area contributed by atoms with Crippen molar-refractivity contribution in [1.82, 2.24) is 15.3 Å². The van der Waals surface area contributed by atoms with Crippen LogP contribution in [0.25, 0.3) is 0 Å². The van der Waals surface area contributed by atoms with Crippen LogP contribution >= 0.6 is 22.9 Å². The molecule has 5 heteroatoms. The Morgan fingerprint density at radius 3 is 2.94 bits per heavy atom. The van der Waals surface area contributed by atoms with E-state index >= 15 is 0 Å².